The predicted octanol–water partition coefficient (Wildman–Crippen LogP) is 3.78. The van der Waals surface area contributed by atoms with Crippen LogP contribution in [0.3, 0.4) is 0 Å². The summed E-state index contributed by atoms with van der Waals surface area (Å²) >= 11 is 1.37. The fourth-order valence-corrected chi connectivity index (χ4v) is 3.17. The lowest BCUT2D eigenvalue weighted by molar-refractivity contribution is -0.383. The zero-order valence-electron chi connectivity index (χ0n) is 13.3. The van der Waals surface area contributed by atoms with E-state index >= 15 is 0 Å². The van der Waals surface area contributed by atoms with Gasteiger partial charge in [-0.05, 0) is 19.1 Å². The van der Waals surface area contributed by atoms with E-state index < -0.39 is 4.92 Å². The molecule has 0 amide bonds. The molecule has 0 unspecified atom stereocenters. The summed E-state index contributed by atoms with van der Waals surface area (Å²) in [6.07, 6.45) is 1.22. The number of anilines is 4. The first kappa shape index (κ1) is 15.9. The lowest BCUT2D eigenvalue weighted by Gasteiger charge is -2.06. The smallest absolute Gasteiger partial charge is 0.354 e. The van der Waals surface area contributed by atoms with Gasteiger partial charge in [-0.2, -0.15) is 0 Å². The van der Waals surface area contributed by atoms with Gasteiger partial charge in [0.25, 0.3) is 0 Å². The Labute approximate surface area is 150 Å². The van der Waals surface area contributed by atoms with Gasteiger partial charge in [-0.15, -0.1) is 0 Å². The number of aromatic nitrogens is 4. The van der Waals surface area contributed by atoms with Crippen LogP contribution in [0.2, 0.25) is 0 Å². The van der Waals surface area contributed by atoms with E-state index in [9.17, 15) is 10.1 Å². The molecule has 0 aliphatic carbocycles. The third-order valence-corrected chi connectivity index (χ3v) is 4.35. The van der Waals surface area contributed by atoms with Crippen molar-refractivity contribution in [3.05, 3.63) is 52.5 Å². The molecule has 0 atom stereocenters. The molecule has 0 spiro atoms. The molecular formula is C15H11N7O3S. The van der Waals surface area contributed by atoms with E-state index in [4.69, 9.17) is 4.52 Å². The molecule has 1 aromatic carbocycles. The van der Waals surface area contributed by atoms with E-state index in [-0.39, 0.29) is 17.3 Å². The van der Waals surface area contributed by atoms with Crippen LogP contribution in [-0.2, 0) is 0 Å². The number of hydrogen-bond acceptors (Lipinski definition) is 10. The van der Waals surface area contributed by atoms with Crippen molar-refractivity contribution in [3.8, 4) is 0 Å². The van der Waals surface area contributed by atoms with Crippen molar-refractivity contribution in [2.75, 3.05) is 10.6 Å². The van der Waals surface area contributed by atoms with Crippen LogP contribution in [-0.4, -0.2) is 25.0 Å². The average molecular weight is 369 g/mol. The molecule has 0 saturated carbocycles. The number of thiazole rings is 1. The summed E-state index contributed by atoms with van der Waals surface area (Å²) in [5.41, 5.74) is 0.487. The Kier molecular flexibility index (Phi) is 3.89. The van der Waals surface area contributed by atoms with Crippen LogP contribution >= 0.6 is 11.3 Å². The molecule has 4 aromatic rings. The van der Waals surface area contributed by atoms with E-state index in [0.717, 1.165) is 10.2 Å². The molecule has 0 aliphatic heterocycles. The van der Waals surface area contributed by atoms with E-state index in [0.29, 0.717) is 16.7 Å². The number of hydrogen-bond donors (Lipinski definition) is 2. The highest BCUT2D eigenvalue weighted by atomic mass is 32.1. The SMILES string of the molecule is Cc1cc(Nc2ncnc(Nc3nc4ccccc4s3)c2[N+](=O)[O-])no1. The summed E-state index contributed by atoms with van der Waals surface area (Å²) < 4.78 is 5.91. The molecule has 26 heavy (non-hydrogen) atoms. The van der Waals surface area contributed by atoms with E-state index in [1.807, 2.05) is 24.3 Å². The van der Waals surface area contributed by atoms with Crippen molar-refractivity contribution in [2.24, 2.45) is 0 Å². The molecule has 0 fully saturated rings. The largest absolute Gasteiger partial charge is 0.360 e. The lowest BCUT2D eigenvalue weighted by Crippen LogP contribution is -2.05. The monoisotopic (exact) mass is 369 g/mol. The second kappa shape index (κ2) is 6.37. The number of aryl methyl sites for hydroxylation is 1. The van der Waals surface area contributed by atoms with Crippen molar-refractivity contribution in [2.45, 2.75) is 6.92 Å². The predicted molar refractivity (Wildman–Crippen MR) is 96.1 cm³/mol. The van der Waals surface area contributed by atoms with Gasteiger partial charge in [0.1, 0.15) is 12.1 Å². The molecule has 3 aromatic heterocycles. The maximum absolute atomic E-state index is 11.6. The molecule has 130 valence electrons. The number of para-hydroxylation sites is 1. The molecule has 3 heterocycles. The molecule has 0 bridgehead atoms. The van der Waals surface area contributed by atoms with E-state index in [2.05, 4.69) is 30.7 Å². The number of nitrogens with zero attached hydrogens (tertiary/aromatic N) is 5. The molecule has 2 N–H and O–H groups in total. The van der Waals surface area contributed by atoms with Crippen LogP contribution in [0.5, 0.6) is 0 Å². The Morgan fingerprint density at radius 1 is 1.19 bits per heavy atom. The van der Waals surface area contributed by atoms with Gasteiger partial charge in [0.15, 0.2) is 10.9 Å². The Morgan fingerprint density at radius 3 is 2.65 bits per heavy atom. The highest BCUT2D eigenvalue weighted by molar-refractivity contribution is 7.22. The average Bonchev–Trinajstić information content (AvgIpc) is 3.20. The highest BCUT2D eigenvalue weighted by Gasteiger charge is 2.24. The molecule has 10 nitrogen and oxygen atoms in total. The van der Waals surface area contributed by atoms with Gasteiger partial charge in [0.2, 0.25) is 11.6 Å². The van der Waals surface area contributed by atoms with Crippen molar-refractivity contribution in [1.82, 2.24) is 20.1 Å². The minimum absolute atomic E-state index is 0.00177. The Morgan fingerprint density at radius 2 is 1.96 bits per heavy atom. The summed E-state index contributed by atoms with van der Waals surface area (Å²) in [5, 5.41) is 21.5. The molecule has 4 rings (SSSR count). The zero-order valence-corrected chi connectivity index (χ0v) is 14.1. The fraction of sp³-hybridized carbons (Fsp3) is 0.0667. The highest BCUT2D eigenvalue weighted by Crippen LogP contribution is 2.35. The number of benzene rings is 1. The van der Waals surface area contributed by atoms with Crippen molar-refractivity contribution in [1.29, 1.82) is 0 Å². The first-order chi connectivity index (χ1) is 12.6. The molecule has 0 radical (unpaired) electrons. The van der Waals surface area contributed by atoms with Gasteiger partial charge < -0.3 is 15.2 Å². The summed E-state index contributed by atoms with van der Waals surface area (Å²) in [5.74, 6) is 0.918. The van der Waals surface area contributed by atoms with Gasteiger partial charge >= 0.3 is 5.69 Å². The van der Waals surface area contributed by atoms with Crippen LogP contribution in [0.1, 0.15) is 5.76 Å². The van der Waals surface area contributed by atoms with Crippen LogP contribution in [0.25, 0.3) is 10.2 Å². The van der Waals surface area contributed by atoms with Gasteiger partial charge in [-0.1, -0.05) is 28.6 Å². The number of nitrogens with one attached hydrogen (secondary N) is 2. The Hall–Kier alpha value is -3.60. The molecule has 0 aliphatic rings. The second-order valence-corrected chi connectivity index (χ2v) is 6.27. The van der Waals surface area contributed by atoms with Gasteiger partial charge in [0, 0.05) is 6.07 Å². The number of fused-ring (bicyclic) bond motifs is 1. The first-order valence-corrected chi connectivity index (χ1v) is 8.24. The normalized spacial score (nSPS) is 10.8. The quantitative estimate of drug-likeness (QED) is 0.398. The van der Waals surface area contributed by atoms with Crippen LogP contribution in [0.4, 0.5) is 28.3 Å². The molecular weight excluding hydrogens is 358 g/mol. The minimum Gasteiger partial charge on any atom is -0.360 e. The number of nitro groups is 1. The third kappa shape index (κ3) is 3.02. The first-order valence-electron chi connectivity index (χ1n) is 7.42. The van der Waals surface area contributed by atoms with Gasteiger partial charge in [-0.3, -0.25) is 10.1 Å². The summed E-state index contributed by atoms with van der Waals surface area (Å²) in [6.45, 7) is 1.71. The zero-order chi connectivity index (χ0) is 18.1. The summed E-state index contributed by atoms with van der Waals surface area (Å²) in [7, 11) is 0. The topological polar surface area (TPSA) is 132 Å². The van der Waals surface area contributed by atoms with Crippen LogP contribution < -0.4 is 10.6 Å². The standard InChI is InChI=1S/C15H11N7O3S/c1-8-6-11(21-25-8)19-13-12(22(23)24)14(17-7-16-13)20-15-18-9-4-2-3-5-10(9)26-15/h2-7H,1H3,(H2,16,17,18,19,20,21). The fourth-order valence-electron chi connectivity index (χ4n) is 2.31. The lowest BCUT2D eigenvalue weighted by atomic mass is 10.3. The summed E-state index contributed by atoms with van der Waals surface area (Å²) in [6, 6.07) is 9.17. The number of rotatable bonds is 5. The van der Waals surface area contributed by atoms with Crippen molar-refractivity contribution < 1.29 is 9.45 Å². The Balaban J connectivity index is 1.71. The minimum atomic E-state index is -0.565. The summed E-state index contributed by atoms with van der Waals surface area (Å²) in [4.78, 5) is 23.4. The molecule has 0 saturated heterocycles. The van der Waals surface area contributed by atoms with Crippen molar-refractivity contribution in [3.63, 3.8) is 0 Å². The van der Waals surface area contributed by atoms with Crippen LogP contribution in [0, 0.1) is 17.0 Å². The second-order valence-electron chi connectivity index (χ2n) is 5.24. The maximum atomic E-state index is 11.6. The maximum Gasteiger partial charge on any atom is 0.354 e. The van der Waals surface area contributed by atoms with E-state index in [1.165, 1.54) is 17.7 Å². The van der Waals surface area contributed by atoms with Gasteiger partial charge in [-0.25, -0.2) is 15.0 Å². The van der Waals surface area contributed by atoms with Crippen molar-refractivity contribution >= 4 is 49.8 Å². The molecule has 11 heteroatoms. The van der Waals surface area contributed by atoms with Gasteiger partial charge in [0.05, 0.1) is 15.1 Å². The van der Waals surface area contributed by atoms with E-state index in [1.54, 1.807) is 13.0 Å². The van der Waals surface area contributed by atoms with Crippen LogP contribution in [0.15, 0.2) is 41.2 Å². The third-order valence-electron chi connectivity index (χ3n) is 3.40. The Bertz CT molecular complexity index is 1070.